The number of anilines is 1. The van der Waals surface area contributed by atoms with Gasteiger partial charge in [-0.05, 0) is 49.2 Å². The number of rotatable bonds is 3. The molecule has 0 aromatic heterocycles. The summed E-state index contributed by atoms with van der Waals surface area (Å²) in [7, 11) is 0. The zero-order valence-electron chi connectivity index (χ0n) is 13.5. The molecule has 0 unspecified atom stereocenters. The number of amides is 2. The van der Waals surface area contributed by atoms with E-state index in [4.69, 9.17) is 11.6 Å². The van der Waals surface area contributed by atoms with Crippen LogP contribution in [0.3, 0.4) is 0 Å². The minimum atomic E-state index is -0.0811. The van der Waals surface area contributed by atoms with Crippen molar-refractivity contribution < 1.29 is 9.59 Å². The van der Waals surface area contributed by atoms with Crippen LogP contribution in [-0.4, -0.2) is 29.8 Å². The van der Waals surface area contributed by atoms with Crippen LogP contribution in [0.2, 0.25) is 5.02 Å². The van der Waals surface area contributed by atoms with Crippen LogP contribution >= 0.6 is 27.5 Å². The van der Waals surface area contributed by atoms with E-state index in [-0.39, 0.29) is 17.7 Å². The fourth-order valence-electron chi connectivity index (χ4n) is 2.96. The summed E-state index contributed by atoms with van der Waals surface area (Å²) in [6.07, 6.45) is 1.32. The molecule has 0 bridgehead atoms. The normalized spacial score (nSPS) is 15.0. The molecule has 1 aliphatic rings. The largest absolute Gasteiger partial charge is 0.339 e. The Kier molecular flexibility index (Phi) is 5.76. The van der Waals surface area contributed by atoms with E-state index in [9.17, 15) is 9.59 Å². The molecule has 1 saturated heterocycles. The van der Waals surface area contributed by atoms with E-state index in [0.717, 1.165) is 10.2 Å². The van der Waals surface area contributed by atoms with E-state index in [1.54, 1.807) is 29.2 Å². The second-order valence-electron chi connectivity index (χ2n) is 6.08. The molecule has 1 heterocycles. The van der Waals surface area contributed by atoms with Crippen molar-refractivity contribution in [2.75, 3.05) is 18.4 Å². The van der Waals surface area contributed by atoms with Crippen molar-refractivity contribution in [3.05, 3.63) is 63.6 Å². The SMILES string of the molecule is O=C(Nc1cccc(Br)c1)C1CCN(C(=O)c2cccc(Cl)c2)CC1. The van der Waals surface area contributed by atoms with E-state index >= 15 is 0 Å². The van der Waals surface area contributed by atoms with Crippen LogP contribution < -0.4 is 5.32 Å². The average Bonchev–Trinajstić information content (AvgIpc) is 2.61. The van der Waals surface area contributed by atoms with Crippen LogP contribution in [0.15, 0.2) is 53.0 Å². The highest BCUT2D eigenvalue weighted by molar-refractivity contribution is 9.10. The first-order valence-electron chi connectivity index (χ1n) is 8.14. The van der Waals surface area contributed by atoms with Crippen molar-refractivity contribution >= 4 is 45.0 Å². The first kappa shape index (κ1) is 18.0. The Morgan fingerprint density at radius 1 is 1.08 bits per heavy atom. The molecule has 6 heteroatoms. The fourth-order valence-corrected chi connectivity index (χ4v) is 3.55. The van der Waals surface area contributed by atoms with Gasteiger partial charge in [0.15, 0.2) is 0 Å². The molecule has 1 aliphatic heterocycles. The van der Waals surface area contributed by atoms with Crippen LogP contribution in [0.4, 0.5) is 5.69 Å². The van der Waals surface area contributed by atoms with Crippen LogP contribution in [0.25, 0.3) is 0 Å². The van der Waals surface area contributed by atoms with Gasteiger partial charge in [-0.3, -0.25) is 9.59 Å². The maximum Gasteiger partial charge on any atom is 0.253 e. The van der Waals surface area contributed by atoms with E-state index in [1.165, 1.54) is 0 Å². The quantitative estimate of drug-likeness (QED) is 0.788. The number of piperidine rings is 1. The Bertz CT molecular complexity index is 788. The number of carbonyl (C=O) groups is 2. The summed E-state index contributed by atoms with van der Waals surface area (Å²) < 4.78 is 0.923. The smallest absolute Gasteiger partial charge is 0.253 e. The van der Waals surface area contributed by atoms with Crippen LogP contribution in [0, 0.1) is 5.92 Å². The van der Waals surface area contributed by atoms with Crippen molar-refractivity contribution in [1.82, 2.24) is 4.90 Å². The van der Waals surface area contributed by atoms with E-state index in [2.05, 4.69) is 21.2 Å². The second-order valence-corrected chi connectivity index (χ2v) is 7.43. The van der Waals surface area contributed by atoms with E-state index in [1.807, 2.05) is 24.3 Å². The zero-order chi connectivity index (χ0) is 17.8. The molecular formula is C19H18BrClN2O2. The number of nitrogens with one attached hydrogen (secondary N) is 1. The number of benzene rings is 2. The fraction of sp³-hybridized carbons (Fsp3) is 0.263. The van der Waals surface area contributed by atoms with Crippen LogP contribution in [0.5, 0.6) is 0 Å². The van der Waals surface area contributed by atoms with Gasteiger partial charge in [0.25, 0.3) is 5.91 Å². The highest BCUT2D eigenvalue weighted by Gasteiger charge is 2.28. The molecular weight excluding hydrogens is 404 g/mol. The predicted octanol–water partition coefficient (Wildman–Crippen LogP) is 4.59. The molecule has 0 spiro atoms. The molecule has 0 atom stereocenters. The molecule has 2 aromatic carbocycles. The van der Waals surface area contributed by atoms with Crippen molar-refractivity contribution in [2.24, 2.45) is 5.92 Å². The molecule has 2 amide bonds. The first-order chi connectivity index (χ1) is 12.0. The molecule has 1 N–H and O–H groups in total. The van der Waals surface area contributed by atoms with Gasteiger partial charge in [0.1, 0.15) is 0 Å². The minimum Gasteiger partial charge on any atom is -0.339 e. The molecule has 0 aliphatic carbocycles. The Morgan fingerprint density at radius 3 is 2.48 bits per heavy atom. The number of nitrogens with zero attached hydrogens (tertiary/aromatic N) is 1. The van der Waals surface area contributed by atoms with Gasteiger partial charge in [-0.15, -0.1) is 0 Å². The monoisotopic (exact) mass is 420 g/mol. The molecule has 1 fully saturated rings. The van der Waals surface area contributed by atoms with Gasteiger partial charge >= 0.3 is 0 Å². The summed E-state index contributed by atoms with van der Waals surface area (Å²) in [5, 5.41) is 3.50. The third kappa shape index (κ3) is 4.61. The van der Waals surface area contributed by atoms with Gasteiger partial charge in [0.2, 0.25) is 5.91 Å². The number of carbonyl (C=O) groups excluding carboxylic acids is 2. The predicted molar refractivity (Wildman–Crippen MR) is 103 cm³/mol. The molecule has 130 valence electrons. The van der Waals surface area contributed by atoms with Crippen molar-refractivity contribution in [3.63, 3.8) is 0 Å². The highest BCUT2D eigenvalue weighted by Crippen LogP contribution is 2.23. The van der Waals surface area contributed by atoms with Crippen molar-refractivity contribution in [1.29, 1.82) is 0 Å². The number of likely N-dealkylation sites (tertiary alicyclic amines) is 1. The maximum absolute atomic E-state index is 12.5. The summed E-state index contributed by atoms with van der Waals surface area (Å²) in [6, 6.07) is 14.5. The van der Waals surface area contributed by atoms with Gasteiger partial charge in [0, 0.05) is 39.8 Å². The summed E-state index contributed by atoms with van der Waals surface area (Å²) in [5.41, 5.74) is 1.36. The van der Waals surface area contributed by atoms with Crippen molar-refractivity contribution in [2.45, 2.75) is 12.8 Å². The van der Waals surface area contributed by atoms with Gasteiger partial charge in [-0.25, -0.2) is 0 Å². The molecule has 4 nitrogen and oxygen atoms in total. The van der Waals surface area contributed by atoms with Gasteiger partial charge in [0.05, 0.1) is 0 Å². The van der Waals surface area contributed by atoms with Gasteiger partial charge in [-0.1, -0.05) is 39.7 Å². The van der Waals surface area contributed by atoms with Gasteiger partial charge in [-0.2, -0.15) is 0 Å². The molecule has 25 heavy (non-hydrogen) atoms. The Morgan fingerprint density at radius 2 is 1.80 bits per heavy atom. The van der Waals surface area contributed by atoms with Crippen LogP contribution in [-0.2, 0) is 4.79 Å². The van der Waals surface area contributed by atoms with Gasteiger partial charge < -0.3 is 10.2 Å². The van der Waals surface area contributed by atoms with E-state index in [0.29, 0.717) is 36.5 Å². The third-order valence-electron chi connectivity index (χ3n) is 4.32. The summed E-state index contributed by atoms with van der Waals surface area (Å²) in [4.78, 5) is 26.7. The summed E-state index contributed by atoms with van der Waals surface area (Å²) in [6.45, 7) is 1.14. The topological polar surface area (TPSA) is 49.4 Å². The average molecular weight is 422 g/mol. The molecule has 2 aromatic rings. The highest BCUT2D eigenvalue weighted by atomic mass is 79.9. The second kappa shape index (κ2) is 8.02. The number of hydrogen-bond acceptors (Lipinski definition) is 2. The van der Waals surface area contributed by atoms with Crippen molar-refractivity contribution in [3.8, 4) is 0 Å². The molecule has 0 saturated carbocycles. The molecule has 0 radical (unpaired) electrons. The summed E-state index contributed by atoms with van der Waals surface area (Å²) in [5.74, 6) is -0.108. The number of halogens is 2. The first-order valence-corrected chi connectivity index (χ1v) is 9.31. The lowest BCUT2D eigenvalue weighted by molar-refractivity contribution is -0.121. The summed E-state index contributed by atoms with van der Waals surface area (Å²) >= 11 is 9.35. The Labute approximate surface area is 160 Å². The lowest BCUT2D eigenvalue weighted by atomic mass is 9.95. The van der Waals surface area contributed by atoms with Crippen LogP contribution in [0.1, 0.15) is 23.2 Å². The number of hydrogen-bond donors (Lipinski definition) is 1. The third-order valence-corrected chi connectivity index (χ3v) is 5.05. The zero-order valence-corrected chi connectivity index (χ0v) is 15.9. The van der Waals surface area contributed by atoms with E-state index < -0.39 is 0 Å². The lowest BCUT2D eigenvalue weighted by Gasteiger charge is -2.31. The standard InChI is InChI=1S/C19H18BrClN2O2/c20-15-4-2-6-17(12-15)22-18(24)13-7-9-23(10-8-13)19(25)14-3-1-5-16(21)11-14/h1-6,11-13H,7-10H2,(H,22,24). The molecule has 3 rings (SSSR count). The lowest BCUT2D eigenvalue weighted by Crippen LogP contribution is -2.41. The minimum absolute atomic E-state index is 0.00737. The maximum atomic E-state index is 12.5. The Hall–Kier alpha value is -1.85. The Balaban J connectivity index is 1.56.